The van der Waals surface area contributed by atoms with Crippen molar-refractivity contribution in [2.75, 3.05) is 6.61 Å². The zero-order chi connectivity index (χ0) is 9.68. The maximum absolute atomic E-state index is 10.9. The van der Waals surface area contributed by atoms with Crippen LogP contribution >= 0.6 is 0 Å². The monoisotopic (exact) mass is 185 g/mol. The van der Waals surface area contributed by atoms with Crippen LogP contribution in [0.2, 0.25) is 0 Å². The molecule has 0 aromatic rings. The minimum atomic E-state index is 0.0524. The largest absolute Gasteiger partial charge is 0.376 e. The molecule has 1 N–H and O–H groups in total. The molecule has 1 saturated carbocycles. The predicted molar refractivity (Wildman–Crippen MR) is 51.5 cm³/mol. The lowest BCUT2D eigenvalue weighted by Gasteiger charge is -2.31. The Labute approximate surface area is 79.8 Å². The van der Waals surface area contributed by atoms with Gasteiger partial charge in [0.2, 0.25) is 5.91 Å². The molecule has 0 spiro atoms. The van der Waals surface area contributed by atoms with Crippen LogP contribution in [0.15, 0.2) is 0 Å². The van der Waals surface area contributed by atoms with Gasteiger partial charge in [-0.15, -0.1) is 0 Å². The fourth-order valence-electron chi connectivity index (χ4n) is 1.94. The molecule has 0 saturated heterocycles. The summed E-state index contributed by atoms with van der Waals surface area (Å²) in [5.41, 5.74) is 0. The predicted octanol–water partition coefficient (Wildman–Crippen LogP) is 1.47. The molecule has 0 heterocycles. The molecular weight excluding hydrogens is 166 g/mol. The second-order valence-corrected chi connectivity index (χ2v) is 3.59. The minimum absolute atomic E-state index is 0.0524. The number of hydrogen-bond donors (Lipinski definition) is 1. The fourth-order valence-corrected chi connectivity index (χ4v) is 1.94. The zero-order valence-corrected chi connectivity index (χ0v) is 8.51. The van der Waals surface area contributed by atoms with Crippen molar-refractivity contribution in [3.8, 4) is 0 Å². The smallest absolute Gasteiger partial charge is 0.217 e. The normalized spacial score (nSPS) is 28.5. The average molecular weight is 185 g/mol. The molecule has 2 atom stereocenters. The van der Waals surface area contributed by atoms with Gasteiger partial charge in [0, 0.05) is 13.5 Å². The van der Waals surface area contributed by atoms with Crippen molar-refractivity contribution in [3.05, 3.63) is 0 Å². The van der Waals surface area contributed by atoms with E-state index in [9.17, 15) is 4.79 Å². The summed E-state index contributed by atoms with van der Waals surface area (Å²) in [5, 5.41) is 2.95. The highest BCUT2D eigenvalue weighted by Crippen LogP contribution is 2.21. The van der Waals surface area contributed by atoms with Gasteiger partial charge in [0.25, 0.3) is 0 Å². The maximum Gasteiger partial charge on any atom is 0.217 e. The van der Waals surface area contributed by atoms with Crippen molar-refractivity contribution in [2.45, 2.75) is 51.7 Å². The SMILES string of the molecule is CCOC1CCCCC1NC(C)=O. The third kappa shape index (κ3) is 3.35. The van der Waals surface area contributed by atoms with Gasteiger partial charge in [-0.3, -0.25) is 4.79 Å². The summed E-state index contributed by atoms with van der Waals surface area (Å²) in [6, 6.07) is 0.242. The van der Waals surface area contributed by atoms with Crippen LogP contribution in [0, 0.1) is 0 Å². The third-order valence-electron chi connectivity index (χ3n) is 2.47. The van der Waals surface area contributed by atoms with Crippen LogP contribution in [0.1, 0.15) is 39.5 Å². The van der Waals surface area contributed by atoms with Crippen molar-refractivity contribution >= 4 is 5.91 Å². The Bertz CT molecular complexity index is 168. The first-order valence-corrected chi connectivity index (χ1v) is 5.12. The van der Waals surface area contributed by atoms with Crippen LogP contribution in [0.5, 0.6) is 0 Å². The first kappa shape index (κ1) is 10.5. The van der Waals surface area contributed by atoms with Gasteiger partial charge in [0.05, 0.1) is 12.1 Å². The topological polar surface area (TPSA) is 38.3 Å². The fraction of sp³-hybridized carbons (Fsp3) is 0.900. The van der Waals surface area contributed by atoms with Crippen molar-refractivity contribution < 1.29 is 9.53 Å². The summed E-state index contributed by atoms with van der Waals surface area (Å²) in [4.78, 5) is 10.9. The summed E-state index contributed by atoms with van der Waals surface area (Å²) >= 11 is 0. The molecule has 0 aromatic carbocycles. The van der Waals surface area contributed by atoms with E-state index in [0.717, 1.165) is 19.4 Å². The molecule has 3 nitrogen and oxygen atoms in total. The van der Waals surface area contributed by atoms with Crippen LogP contribution in [0.3, 0.4) is 0 Å². The van der Waals surface area contributed by atoms with Gasteiger partial charge < -0.3 is 10.1 Å². The van der Waals surface area contributed by atoms with Crippen molar-refractivity contribution in [2.24, 2.45) is 0 Å². The number of amides is 1. The zero-order valence-electron chi connectivity index (χ0n) is 8.51. The highest BCUT2D eigenvalue weighted by molar-refractivity contribution is 5.73. The summed E-state index contributed by atoms with van der Waals surface area (Å²) in [7, 11) is 0. The van der Waals surface area contributed by atoms with E-state index in [-0.39, 0.29) is 18.1 Å². The van der Waals surface area contributed by atoms with Crippen LogP contribution in [0.25, 0.3) is 0 Å². The van der Waals surface area contributed by atoms with E-state index in [1.165, 1.54) is 12.8 Å². The third-order valence-corrected chi connectivity index (χ3v) is 2.47. The molecule has 0 aromatic heterocycles. The average Bonchev–Trinajstić information content (AvgIpc) is 2.08. The summed E-state index contributed by atoms with van der Waals surface area (Å²) in [5.74, 6) is 0.0524. The molecule has 1 aliphatic carbocycles. The molecule has 0 aliphatic heterocycles. The number of nitrogens with one attached hydrogen (secondary N) is 1. The quantitative estimate of drug-likeness (QED) is 0.723. The first-order valence-electron chi connectivity index (χ1n) is 5.12. The Morgan fingerprint density at radius 2 is 2.15 bits per heavy atom. The van der Waals surface area contributed by atoms with Gasteiger partial charge in [-0.25, -0.2) is 0 Å². The molecule has 13 heavy (non-hydrogen) atoms. The van der Waals surface area contributed by atoms with Crippen LogP contribution in [-0.4, -0.2) is 24.7 Å². The van der Waals surface area contributed by atoms with E-state index in [1.54, 1.807) is 6.92 Å². The van der Waals surface area contributed by atoms with E-state index in [1.807, 2.05) is 6.92 Å². The van der Waals surface area contributed by atoms with Gasteiger partial charge in [-0.05, 0) is 19.8 Å². The lowest BCUT2D eigenvalue weighted by molar-refractivity contribution is -0.121. The minimum Gasteiger partial charge on any atom is -0.376 e. The molecular formula is C10H19NO2. The number of ether oxygens (including phenoxy) is 1. The first-order chi connectivity index (χ1) is 6.24. The summed E-state index contributed by atoms with van der Waals surface area (Å²) in [6.45, 7) is 4.30. The summed E-state index contributed by atoms with van der Waals surface area (Å²) < 4.78 is 5.58. The highest BCUT2D eigenvalue weighted by Gasteiger charge is 2.25. The molecule has 0 radical (unpaired) electrons. The van der Waals surface area contributed by atoms with Crippen molar-refractivity contribution in [1.82, 2.24) is 5.32 Å². The number of carbonyl (C=O) groups is 1. The maximum atomic E-state index is 10.9. The van der Waals surface area contributed by atoms with E-state index < -0.39 is 0 Å². The molecule has 3 heteroatoms. The van der Waals surface area contributed by atoms with E-state index in [4.69, 9.17) is 4.74 Å². The lowest BCUT2D eigenvalue weighted by Crippen LogP contribution is -2.45. The van der Waals surface area contributed by atoms with Gasteiger partial charge in [0.15, 0.2) is 0 Å². The van der Waals surface area contributed by atoms with Gasteiger partial charge in [-0.1, -0.05) is 12.8 Å². The molecule has 76 valence electrons. The second-order valence-electron chi connectivity index (χ2n) is 3.59. The Morgan fingerprint density at radius 3 is 2.77 bits per heavy atom. The van der Waals surface area contributed by atoms with Gasteiger partial charge in [0.1, 0.15) is 0 Å². The van der Waals surface area contributed by atoms with Crippen molar-refractivity contribution in [3.63, 3.8) is 0 Å². The van der Waals surface area contributed by atoms with E-state index >= 15 is 0 Å². The van der Waals surface area contributed by atoms with Crippen molar-refractivity contribution in [1.29, 1.82) is 0 Å². The Morgan fingerprint density at radius 1 is 1.46 bits per heavy atom. The second kappa shape index (κ2) is 5.22. The Hall–Kier alpha value is -0.570. The van der Waals surface area contributed by atoms with Gasteiger partial charge >= 0.3 is 0 Å². The Kier molecular flexibility index (Phi) is 4.22. The lowest BCUT2D eigenvalue weighted by atomic mass is 9.92. The Balaban J connectivity index is 2.41. The molecule has 1 amide bonds. The van der Waals surface area contributed by atoms with Crippen LogP contribution in [-0.2, 0) is 9.53 Å². The number of rotatable bonds is 3. The number of hydrogen-bond acceptors (Lipinski definition) is 2. The van der Waals surface area contributed by atoms with Crippen LogP contribution in [0.4, 0.5) is 0 Å². The van der Waals surface area contributed by atoms with Gasteiger partial charge in [-0.2, -0.15) is 0 Å². The molecule has 1 fully saturated rings. The summed E-state index contributed by atoms with van der Waals surface area (Å²) in [6.07, 6.45) is 4.81. The molecule has 1 rings (SSSR count). The van der Waals surface area contributed by atoms with E-state index in [2.05, 4.69) is 5.32 Å². The van der Waals surface area contributed by atoms with Crippen LogP contribution < -0.4 is 5.32 Å². The standard InChI is InChI=1S/C10H19NO2/c1-3-13-10-7-5-4-6-9(10)11-8(2)12/h9-10H,3-7H2,1-2H3,(H,11,12). The molecule has 0 bridgehead atoms. The highest BCUT2D eigenvalue weighted by atomic mass is 16.5. The van der Waals surface area contributed by atoms with E-state index in [0.29, 0.717) is 0 Å². The molecule has 1 aliphatic rings. The number of carbonyl (C=O) groups excluding carboxylic acids is 1. The molecule has 2 unspecified atom stereocenters.